The van der Waals surface area contributed by atoms with Crippen LogP contribution in [-0.2, 0) is 9.59 Å². The van der Waals surface area contributed by atoms with Crippen LogP contribution in [0.1, 0.15) is 29.3 Å². The number of methoxy groups -OCH3 is 3. The van der Waals surface area contributed by atoms with Gasteiger partial charge in [0, 0.05) is 24.2 Å². The molecule has 1 heterocycles. The van der Waals surface area contributed by atoms with Crippen LogP contribution >= 0.6 is 24.0 Å². The predicted molar refractivity (Wildman–Crippen MR) is 136 cm³/mol. The Labute approximate surface area is 207 Å². The Bertz CT molecular complexity index is 1140. The molecule has 178 valence electrons. The van der Waals surface area contributed by atoms with Gasteiger partial charge in [-0.25, -0.2) is 0 Å². The summed E-state index contributed by atoms with van der Waals surface area (Å²) < 4.78 is 16.4. The number of anilines is 1. The van der Waals surface area contributed by atoms with Crippen molar-refractivity contribution in [1.29, 1.82) is 0 Å². The molecule has 0 bridgehead atoms. The van der Waals surface area contributed by atoms with Crippen LogP contribution in [0.4, 0.5) is 5.69 Å². The lowest BCUT2D eigenvalue weighted by Gasteiger charge is -2.14. The predicted octanol–water partition coefficient (Wildman–Crippen LogP) is 4.15. The van der Waals surface area contributed by atoms with E-state index in [1.165, 1.54) is 44.9 Å². The van der Waals surface area contributed by atoms with Crippen LogP contribution in [0, 0.1) is 0 Å². The zero-order valence-electron chi connectivity index (χ0n) is 19.2. The Hall–Kier alpha value is -3.37. The third kappa shape index (κ3) is 5.75. The monoisotopic (exact) mass is 500 g/mol. The van der Waals surface area contributed by atoms with Gasteiger partial charge in [0.1, 0.15) is 4.32 Å². The van der Waals surface area contributed by atoms with E-state index in [9.17, 15) is 14.4 Å². The zero-order chi connectivity index (χ0) is 24.8. The van der Waals surface area contributed by atoms with Gasteiger partial charge in [0.05, 0.1) is 26.2 Å². The molecule has 0 aromatic heterocycles. The van der Waals surface area contributed by atoms with E-state index < -0.39 is 0 Å². The van der Waals surface area contributed by atoms with E-state index in [0.29, 0.717) is 43.3 Å². The van der Waals surface area contributed by atoms with Gasteiger partial charge in [0.2, 0.25) is 11.7 Å². The van der Waals surface area contributed by atoms with Crippen molar-refractivity contribution in [3.05, 3.63) is 52.4 Å². The fourth-order valence-electron chi connectivity index (χ4n) is 3.25. The summed E-state index contributed by atoms with van der Waals surface area (Å²) in [5.41, 5.74) is 1.82. The van der Waals surface area contributed by atoms with Crippen LogP contribution in [0.25, 0.3) is 6.08 Å². The zero-order valence-corrected chi connectivity index (χ0v) is 20.8. The molecule has 3 rings (SSSR count). The number of benzene rings is 2. The fraction of sp³-hybridized carbons (Fsp3) is 0.250. The molecule has 2 aromatic rings. The van der Waals surface area contributed by atoms with E-state index in [-0.39, 0.29) is 30.6 Å². The van der Waals surface area contributed by atoms with Crippen LogP contribution in [0.15, 0.2) is 41.3 Å². The highest BCUT2D eigenvalue weighted by molar-refractivity contribution is 8.26. The van der Waals surface area contributed by atoms with E-state index in [2.05, 4.69) is 5.32 Å². The maximum Gasteiger partial charge on any atom is 0.266 e. The van der Waals surface area contributed by atoms with E-state index >= 15 is 0 Å². The molecule has 1 aliphatic heterocycles. The van der Waals surface area contributed by atoms with E-state index in [4.69, 9.17) is 26.4 Å². The summed E-state index contributed by atoms with van der Waals surface area (Å²) in [6, 6.07) is 10.1. The Morgan fingerprint density at radius 1 is 1.06 bits per heavy atom. The van der Waals surface area contributed by atoms with Crippen LogP contribution in [0.3, 0.4) is 0 Å². The van der Waals surface area contributed by atoms with Gasteiger partial charge in [-0.1, -0.05) is 24.0 Å². The van der Waals surface area contributed by atoms with Crippen molar-refractivity contribution in [2.24, 2.45) is 0 Å². The molecule has 0 radical (unpaired) electrons. The number of amides is 2. The molecule has 2 amide bonds. The van der Waals surface area contributed by atoms with E-state index in [1.54, 1.807) is 42.5 Å². The number of thioether (sulfide) groups is 1. The van der Waals surface area contributed by atoms with Crippen molar-refractivity contribution < 1.29 is 28.6 Å². The van der Waals surface area contributed by atoms with Gasteiger partial charge < -0.3 is 19.5 Å². The summed E-state index contributed by atoms with van der Waals surface area (Å²) in [6.07, 6.45) is 1.76. The highest BCUT2D eigenvalue weighted by Crippen LogP contribution is 2.40. The highest BCUT2D eigenvalue weighted by Gasteiger charge is 2.32. The minimum atomic E-state index is -0.276. The topological polar surface area (TPSA) is 94.2 Å². The van der Waals surface area contributed by atoms with Crippen molar-refractivity contribution >= 4 is 57.7 Å². The number of hydrogen-bond donors (Lipinski definition) is 1. The number of nitrogens with one attached hydrogen (secondary N) is 1. The summed E-state index contributed by atoms with van der Waals surface area (Å²) in [5.74, 6) is 0.803. The smallest absolute Gasteiger partial charge is 0.266 e. The molecule has 10 heteroatoms. The van der Waals surface area contributed by atoms with E-state index in [1.807, 2.05) is 0 Å². The Morgan fingerprint density at radius 3 is 2.21 bits per heavy atom. The molecule has 1 fully saturated rings. The Balaban J connectivity index is 1.67. The lowest BCUT2D eigenvalue weighted by molar-refractivity contribution is -0.122. The third-order valence-corrected chi connectivity index (χ3v) is 6.37. The molecule has 0 atom stereocenters. The minimum absolute atomic E-state index is 0.0492. The fourth-order valence-corrected chi connectivity index (χ4v) is 4.56. The van der Waals surface area contributed by atoms with Gasteiger partial charge in [-0.15, -0.1) is 0 Å². The summed E-state index contributed by atoms with van der Waals surface area (Å²) in [7, 11) is 4.55. The average molecular weight is 501 g/mol. The number of rotatable bonds is 9. The largest absolute Gasteiger partial charge is 0.493 e. The molecule has 0 spiro atoms. The molecule has 0 unspecified atom stereocenters. The number of Topliss-reactive ketones (excluding diaryl/α,β-unsaturated/α-hetero) is 1. The number of hydrogen-bond acceptors (Lipinski definition) is 8. The average Bonchev–Trinajstić information content (AvgIpc) is 3.09. The molecule has 1 N–H and O–H groups in total. The summed E-state index contributed by atoms with van der Waals surface area (Å²) >= 11 is 6.53. The maximum atomic E-state index is 12.9. The normalized spacial score (nSPS) is 14.4. The molecular formula is C24H24N2O6S2. The van der Waals surface area contributed by atoms with Crippen LogP contribution in [-0.4, -0.2) is 54.7 Å². The number of ketones is 1. The first kappa shape index (κ1) is 25.3. The first-order valence-electron chi connectivity index (χ1n) is 10.2. The minimum Gasteiger partial charge on any atom is -0.493 e. The first-order chi connectivity index (χ1) is 16.3. The van der Waals surface area contributed by atoms with Gasteiger partial charge in [-0.2, -0.15) is 0 Å². The number of carbonyl (C=O) groups is 3. The SMILES string of the molecule is COc1cc(/C=C2\SC(=S)N(CCC(=O)Nc3ccc(C(C)=O)cc3)C2=O)cc(OC)c1OC. The standard InChI is InChI=1S/C24H24N2O6S2/c1-14(27)16-5-7-17(8-6-16)25-21(28)9-10-26-23(29)20(34-24(26)33)13-15-11-18(30-2)22(32-4)19(12-15)31-3/h5-8,11-13H,9-10H2,1-4H3,(H,25,28)/b20-13-. The number of carbonyl (C=O) groups excluding carboxylic acids is 3. The third-order valence-electron chi connectivity index (χ3n) is 5.00. The van der Waals surface area contributed by atoms with Crippen LogP contribution in [0.5, 0.6) is 17.2 Å². The second kappa shape index (κ2) is 11.2. The van der Waals surface area contributed by atoms with Crippen molar-refractivity contribution in [3.63, 3.8) is 0 Å². The summed E-state index contributed by atoms with van der Waals surface area (Å²) in [6.45, 7) is 1.63. The lowest BCUT2D eigenvalue weighted by Crippen LogP contribution is -2.31. The van der Waals surface area contributed by atoms with Gasteiger partial charge in [-0.05, 0) is 55.0 Å². The Kier molecular flexibility index (Phi) is 8.30. The quantitative estimate of drug-likeness (QED) is 0.312. The second-order valence-electron chi connectivity index (χ2n) is 7.22. The molecule has 8 nitrogen and oxygen atoms in total. The molecule has 1 aliphatic rings. The van der Waals surface area contributed by atoms with Crippen molar-refractivity contribution in [1.82, 2.24) is 4.90 Å². The van der Waals surface area contributed by atoms with Gasteiger partial charge in [0.15, 0.2) is 17.3 Å². The molecule has 34 heavy (non-hydrogen) atoms. The van der Waals surface area contributed by atoms with Crippen molar-refractivity contribution in [3.8, 4) is 17.2 Å². The van der Waals surface area contributed by atoms with Crippen LogP contribution < -0.4 is 19.5 Å². The van der Waals surface area contributed by atoms with Crippen molar-refractivity contribution in [2.75, 3.05) is 33.2 Å². The molecule has 0 aliphatic carbocycles. The number of thiocarbonyl (C=S) groups is 1. The number of nitrogens with zero attached hydrogens (tertiary/aromatic N) is 1. The maximum absolute atomic E-state index is 12.9. The van der Waals surface area contributed by atoms with Crippen LogP contribution in [0.2, 0.25) is 0 Å². The highest BCUT2D eigenvalue weighted by atomic mass is 32.2. The van der Waals surface area contributed by atoms with Crippen molar-refractivity contribution in [2.45, 2.75) is 13.3 Å². The molecular weight excluding hydrogens is 476 g/mol. The molecule has 2 aromatic carbocycles. The summed E-state index contributed by atoms with van der Waals surface area (Å²) in [4.78, 5) is 38.5. The van der Waals surface area contributed by atoms with Gasteiger partial charge in [-0.3, -0.25) is 19.3 Å². The van der Waals surface area contributed by atoms with Gasteiger partial charge in [0.25, 0.3) is 5.91 Å². The van der Waals surface area contributed by atoms with Gasteiger partial charge >= 0.3 is 0 Å². The second-order valence-corrected chi connectivity index (χ2v) is 8.90. The lowest BCUT2D eigenvalue weighted by atomic mass is 10.1. The molecule has 0 saturated carbocycles. The molecule has 1 saturated heterocycles. The first-order valence-corrected chi connectivity index (χ1v) is 11.5. The number of ether oxygens (including phenoxy) is 3. The van der Waals surface area contributed by atoms with E-state index in [0.717, 1.165) is 0 Å². The Morgan fingerprint density at radius 2 is 1.68 bits per heavy atom. The summed E-state index contributed by atoms with van der Waals surface area (Å²) in [5, 5.41) is 2.76.